The van der Waals surface area contributed by atoms with Gasteiger partial charge in [-0.2, -0.15) is 0 Å². The van der Waals surface area contributed by atoms with Gasteiger partial charge < -0.3 is 15.1 Å². The Hall–Kier alpha value is -1.06. The molecule has 0 spiro atoms. The molecule has 0 bridgehead atoms. The summed E-state index contributed by atoms with van der Waals surface area (Å²) in [4.78, 5) is 2.14. The summed E-state index contributed by atoms with van der Waals surface area (Å²) < 4.78 is 0. The lowest BCUT2D eigenvalue weighted by atomic mass is 10.1. The molecule has 3 nitrogen and oxygen atoms in total. The van der Waals surface area contributed by atoms with E-state index in [-0.39, 0.29) is 6.61 Å². The molecule has 0 radical (unpaired) electrons. The van der Waals surface area contributed by atoms with Gasteiger partial charge in [0.25, 0.3) is 0 Å². The van der Waals surface area contributed by atoms with Crippen LogP contribution in [0.2, 0.25) is 0 Å². The van der Waals surface area contributed by atoms with Gasteiger partial charge in [0, 0.05) is 24.3 Å². The summed E-state index contributed by atoms with van der Waals surface area (Å²) in [7, 11) is 0. The molecule has 1 atom stereocenters. The zero-order chi connectivity index (χ0) is 12.7. The van der Waals surface area contributed by atoms with Crippen molar-refractivity contribution in [3.05, 3.63) is 29.8 Å². The summed E-state index contributed by atoms with van der Waals surface area (Å²) in [6.45, 7) is 5.59. The molecule has 0 aliphatic heterocycles. The summed E-state index contributed by atoms with van der Waals surface area (Å²) in [5.41, 5.74) is 1.96. The molecule has 0 saturated carbocycles. The smallest absolute Gasteiger partial charge is 0.0781 e. The summed E-state index contributed by atoms with van der Waals surface area (Å²) in [5, 5.41) is 18.9. The third-order valence-corrected chi connectivity index (χ3v) is 2.88. The van der Waals surface area contributed by atoms with Crippen LogP contribution in [0.25, 0.3) is 0 Å². The summed E-state index contributed by atoms with van der Waals surface area (Å²) in [6, 6.07) is 7.85. The Morgan fingerprint density at radius 2 is 1.94 bits per heavy atom. The average molecular weight is 237 g/mol. The molecule has 0 fully saturated rings. The maximum Gasteiger partial charge on any atom is 0.0781 e. The molecule has 1 aromatic rings. The van der Waals surface area contributed by atoms with Gasteiger partial charge in [0.05, 0.1) is 12.7 Å². The Bertz CT molecular complexity index is 326. The monoisotopic (exact) mass is 237 g/mol. The highest BCUT2D eigenvalue weighted by atomic mass is 16.3. The van der Waals surface area contributed by atoms with Gasteiger partial charge in [0.15, 0.2) is 0 Å². The SMILES string of the molecule is CCCCN(CCO)c1ccccc1C(C)O. The van der Waals surface area contributed by atoms with E-state index in [1.807, 2.05) is 24.3 Å². The molecule has 1 aromatic carbocycles. The van der Waals surface area contributed by atoms with E-state index in [0.717, 1.165) is 30.6 Å². The first-order valence-electron chi connectivity index (χ1n) is 6.33. The lowest BCUT2D eigenvalue weighted by Crippen LogP contribution is -2.28. The van der Waals surface area contributed by atoms with E-state index in [1.54, 1.807) is 6.92 Å². The number of aliphatic hydroxyl groups is 2. The molecule has 0 aliphatic rings. The Morgan fingerprint density at radius 1 is 1.24 bits per heavy atom. The number of nitrogens with zero attached hydrogens (tertiary/aromatic N) is 1. The summed E-state index contributed by atoms with van der Waals surface area (Å²) >= 11 is 0. The molecule has 17 heavy (non-hydrogen) atoms. The van der Waals surface area contributed by atoms with Gasteiger partial charge in [-0.3, -0.25) is 0 Å². The van der Waals surface area contributed by atoms with Crippen molar-refractivity contribution < 1.29 is 10.2 Å². The van der Waals surface area contributed by atoms with Crippen LogP contribution in [0.15, 0.2) is 24.3 Å². The van der Waals surface area contributed by atoms with E-state index in [0.29, 0.717) is 6.54 Å². The third-order valence-electron chi connectivity index (χ3n) is 2.88. The zero-order valence-electron chi connectivity index (χ0n) is 10.8. The quantitative estimate of drug-likeness (QED) is 0.765. The molecule has 1 rings (SSSR count). The number of hydrogen-bond acceptors (Lipinski definition) is 3. The number of hydrogen-bond donors (Lipinski definition) is 2. The lowest BCUT2D eigenvalue weighted by Gasteiger charge is -2.27. The Balaban J connectivity index is 2.91. The van der Waals surface area contributed by atoms with Crippen molar-refractivity contribution in [2.45, 2.75) is 32.8 Å². The number of aliphatic hydroxyl groups excluding tert-OH is 2. The molecular formula is C14H23NO2. The van der Waals surface area contributed by atoms with Crippen LogP contribution >= 0.6 is 0 Å². The minimum atomic E-state index is -0.478. The van der Waals surface area contributed by atoms with Crippen LogP contribution in [-0.4, -0.2) is 29.9 Å². The van der Waals surface area contributed by atoms with Crippen LogP contribution in [0, 0.1) is 0 Å². The van der Waals surface area contributed by atoms with Crippen molar-refractivity contribution >= 4 is 5.69 Å². The van der Waals surface area contributed by atoms with Gasteiger partial charge in [-0.25, -0.2) is 0 Å². The first kappa shape index (κ1) is 14.0. The van der Waals surface area contributed by atoms with Gasteiger partial charge >= 0.3 is 0 Å². The summed E-state index contributed by atoms with van der Waals surface area (Å²) in [5.74, 6) is 0. The van der Waals surface area contributed by atoms with E-state index >= 15 is 0 Å². The fourth-order valence-corrected chi connectivity index (χ4v) is 1.95. The fourth-order valence-electron chi connectivity index (χ4n) is 1.95. The predicted molar refractivity (Wildman–Crippen MR) is 71.3 cm³/mol. The molecule has 96 valence electrons. The number of anilines is 1. The highest BCUT2D eigenvalue weighted by Gasteiger charge is 2.12. The Labute approximate surface area is 104 Å². The van der Waals surface area contributed by atoms with Crippen LogP contribution in [-0.2, 0) is 0 Å². The van der Waals surface area contributed by atoms with Crippen molar-refractivity contribution in [3.63, 3.8) is 0 Å². The van der Waals surface area contributed by atoms with E-state index < -0.39 is 6.10 Å². The number of para-hydroxylation sites is 1. The second-order valence-corrected chi connectivity index (χ2v) is 4.30. The molecule has 2 N–H and O–H groups in total. The van der Waals surface area contributed by atoms with Gasteiger partial charge in [0.2, 0.25) is 0 Å². The van der Waals surface area contributed by atoms with Crippen LogP contribution in [0.3, 0.4) is 0 Å². The molecule has 0 aromatic heterocycles. The Morgan fingerprint density at radius 3 is 2.53 bits per heavy atom. The predicted octanol–water partition coefficient (Wildman–Crippen LogP) is 2.34. The van der Waals surface area contributed by atoms with Crippen molar-refractivity contribution in [1.29, 1.82) is 0 Å². The van der Waals surface area contributed by atoms with Crippen molar-refractivity contribution in [2.75, 3.05) is 24.6 Å². The largest absolute Gasteiger partial charge is 0.395 e. The molecule has 3 heteroatoms. The van der Waals surface area contributed by atoms with E-state index in [4.69, 9.17) is 5.11 Å². The van der Waals surface area contributed by atoms with Crippen molar-refractivity contribution in [2.24, 2.45) is 0 Å². The molecule has 1 unspecified atom stereocenters. The van der Waals surface area contributed by atoms with Gasteiger partial charge in [-0.05, 0) is 19.4 Å². The van der Waals surface area contributed by atoms with Crippen molar-refractivity contribution in [1.82, 2.24) is 0 Å². The highest BCUT2D eigenvalue weighted by Crippen LogP contribution is 2.26. The van der Waals surface area contributed by atoms with Gasteiger partial charge in [0.1, 0.15) is 0 Å². The van der Waals surface area contributed by atoms with Gasteiger partial charge in [-0.1, -0.05) is 31.5 Å². The first-order valence-corrected chi connectivity index (χ1v) is 6.33. The normalized spacial score (nSPS) is 12.5. The van der Waals surface area contributed by atoms with Crippen molar-refractivity contribution in [3.8, 4) is 0 Å². The average Bonchev–Trinajstić information content (AvgIpc) is 2.34. The minimum absolute atomic E-state index is 0.137. The van der Waals surface area contributed by atoms with Gasteiger partial charge in [-0.15, -0.1) is 0 Å². The van der Waals surface area contributed by atoms with Crippen LogP contribution in [0.5, 0.6) is 0 Å². The van der Waals surface area contributed by atoms with Crippen LogP contribution < -0.4 is 4.90 Å². The van der Waals surface area contributed by atoms with Crippen LogP contribution in [0.1, 0.15) is 38.4 Å². The maximum atomic E-state index is 9.76. The molecule has 0 amide bonds. The minimum Gasteiger partial charge on any atom is -0.395 e. The molecule has 0 heterocycles. The zero-order valence-corrected chi connectivity index (χ0v) is 10.8. The molecular weight excluding hydrogens is 214 g/mol. The molecule has 0 aliphatic carbocycles. The highest BCUT2D eigenvalue weighted by molar-refractivity contribution is 5.54. The standard InChI is InChI=1S/C14H23NO2/c1-3-4-9-15(10-11-16)14-8-6-5-7-13(14)12(2)17/h5-8,12,16-17H,3-4,9-11H2,1-2H3. The Kier molecular flexibility index (Phi) is 6.01. The summed E-state index contributed by atoms with van der Waals surface area (Å²) in [6.07, 6.45) is 1.74. The maximum absolute atomic E-state index is 9.76. The van der Waals surface area contributed by atoms with Crippen LogP contribution in [0.4, 0.5) is 5.69 Å². The third kappa shape index (κ3) is 4.02. The fraction of sp³-hybridized carbons (Fsp3) is 0.571. The first-order chi connectivity index (χ1) is 8.20. The second kappa shape index (κ2) is 7.30. The van der Waals surface area contributed by atoms with E-state index in [1.165, 1.54) is 0 Å². The number of rotatable bonds is 7. The topological polar surface area (TPSA) is 43.7 Å². The van der Waals surface area contributed by atoms with E-state index in [2.05, 4.69) is 11.8 Å². The molecule has 0 saturated heterocycles. The lowest BCUT2D eigenvalue weighted by molar-refractivity contribution is 0.199. The number of unbranched alkanes of at least 4 members (excludes halogenated alkanes) is 1. The second-order valence-electron chi connectivity index (χ2n) is 4.30. The number of benzene rings is 1. The van der Waals surface area contributed by atoms with E-state index in [9.17, 15) is 5.11 Å².